The average Bonchev–Trinajstić information content (AvgIpc) is 2.91. The topological polar surface area (TPSA) is 125 Å². The molecule has 0 aliphatic carbocycles. The second-order valence-electron chi connectivity index (χ2n) is 7.39. The molecule has 192 valence electrons. The Kier molecular flexibility index (Phi) is 9.06. The van der Waals surface area contributed by atoms with E-state index in [1.165, 1.54) is 33.5 Å². The highest BCUT2D eigenvalue weighted by Gasteiger charge is 2.18. The summed E-state index contributed by atoms with van der Waals surface area (Å²) in [5.41, 5.74) is 3.60. The van der Waals surface area contributed by atoms with E-state index < -0.39 is 17.8 Å². The third-order valence-corrected chi connectivity index (χ3v) is 5.29. The quantitative estimate of drug-likeness (QED) is 0.149. The lowest BCUT2D eigenvalue weighted by Gasteiger charge is -2.12. The maximum absolute atomic E-state index is 12.6. The molecule has 11 heteroatoms. The summed E-state index contributed by atoms with van der Waals surface area (Å²) in [6.45, 7) is 1.62. The van der Waals surface area contributed by atoms with E-state index in [1.54, 1.807) is 55.5 Å². The van der Waals surface area contributed by atoms with Crippen molar-refractivity contribution in [3.63, 3.8) is 0 Å². The predicted octanol–water partition coefficient (Wildman–Crippen LogP) is 4.06. The van der Waals surface area contributed by atoms with Gasteiger partial charge in [0.15, 0.2) is 11.5 Å². The number of esters is 1. The zero-order valence-corrected chi connectivity index (χ0v) is 21.2. The zero-order valence-electron chi connectivity index (χ0n) is 20.5. The van der Waals surface area contributed by atoms with Crippen LogP contribution in [0.2, 0.25) is 5.02 Å². The van der Waals surface area contributed by atoms with Gasteiger partial charge in [0.2, 0.25) is 0 Å². The summed E-state index contributed by atoms with van der Waals surface area (Å²) in [7, 11) is 4.30. The number of ether oxygens (including phenoxy) is 4. The number of para-hydroxylation sites is 1. The molecule has 10 nitrogen and oxygen atoms in total. The lowest BCUT2D eigenvalue weighted by molar-refractivity contribution is -0.136. The summed E-state index contributed by atoms with van der Waals surface area (Å²) < 4.78 is 21.2. The van der Waals surface area contributed by atoms with E-state index in [9.17, 15) is 14.4 Å². The summed E-state index contributed by atoms with van der Waals surface area (Å²) in [4.78, 5) is 37.2. The van der Waals surface area contributed by atoms with Gasteiger partial charge in [-0.2, -0.15) is 5.10 Å². The lowest BCUT2D eigenvalue weighted by Crippen LogP contribution is -2.33. The highest BCUT2D eigenvalue weighted by atomic mass is 35.5. The van der Waals surface area contributed by atoms with Crippen LogP contribution in [0.15, 0.2) is 65.8 Å². The summed E-state index contributed by atoms with van der Waals surface area (Å²) in [6, 6.07) is 16.0. The third-order valence-electron chi connectivity index (χ3n) is 5.05. The maximum Gasteiger partial charge on any atom is 0.347 e. The number of anilines is 1. The van der Waals surface area contributed by atoms with Crippen molar-refractivity contribution in [3.05, 3.63) is 76.8 Å². The number of halogens is 1. The number of hydrogen-bond donors (Lipinski definition) is 2. The number of methoxy groups -OCH3 is 3. The third kappa shape index (κ3) is 6.77. The van der Waals surface area contributed by atoms with Gasteiger partial charge in [-0.3, -0.25) is 9.59 Å². The van der Waals surface area contributed by atoms with Crippen LogP contribution in [0.25, 0.3) is 0 Å². The fourth-order valence-electron chi connectivity index (χ4n) is 3.15. The minimum atomic E-state index is -1.00. The molecule has 2 N–H and O–H groups in total. The molecule has 0 aliphatic rings. The Bertz CT molecular complexity index is 1360. The highest BCUT2D eigenvalue weighted by Crippen LogP contribution is 2.30. The van der Waals surface area contributed by atoms with E-state index in [4.69, 9.17) is 30.5 Å². The molecule has 0 heterocycles. The molecule has 0 saturated heterocycles. The first-order valence-corrected chi connectivity index (χ1v) is 11.2. The first-order chi connectivity index (χ1) is 17.8. The number of hydrazone groups is 1. The standard InChI is InChI=1S/C26H24ClN3O7/c1-15(29-30-25(32)24(31)28-19-14-17(27)10-12-21(19)35-3)16-9-11-22(23(13-16)36-4)37-26(33)18-7-5-6-8-20(18)34-2/h5-14H,1-4H3,(H,28,31)(H,30,32). The van der Waals surface area contributed by atoms with Gasteiger partial charge in [-0.1, -0.05) is 23.7 Å². The molecule has 0 bridgehead atoms. The lowest BCUT2D eigenvalue weighted by atomic mass is 10.1. The first kappa shape index (κ1) is 27.0. The Labute approximate surface area is 218 Å². The Morgan fingerprint density at radius 1 is 0.784 bits per heavy atom. The second-order valence-corrected chi connectivity index (χ2v) is 7.83. The average molecular weight is 526 g/mol. The van der Waals surface area contributed by atoms with E-state index in [-0.39, 0.29) is 22.7 Å². The Morgan fingerprint density at radius 2 is 1.46 bits per heavy atom. The second kappa shape index (κ2) is 12.4. The van der Waals surface area contributed by atoms with Crippen molar-refractivity contribution in [2.45, 2.75) is 6.92 Å². The highest BCUT2D eigenvalue weighted by molar-refractivity contribution is 6.40. The Morgan fingerprint density at radius 3 is 2.16 bits per heavy atom. The number of carbonyl (C=O) groups is 3. The Balaban J connectivity index is 1.70. The summed E-state index contributed by atoms with van der Waals surface area (Å²) in [5, 5.41) is 6.75. The van der Waals surface area contributed by atoms with Crippen LogP contribution < -0.4 is 29.7 Å². The molecule has 0 fully saturated rings. The molecule has 0 aromatic heterocycles. The van der Waals surface area contributed by atoms with Gasteiger partial charge in [0, 0.05) is 10.6 Å². The van der Waals surface area contributed by atoms with Crippen LogP contribution >= 0.6 is 11.6 Å². The van der Waals surface area contributed by atoms with Gasteiger partial charge in [-0.05, 0) is 55.5 Å². The fraction of sp³-hybridized carbons (Fsp3) is 0.154. The molecule has 37 heavy (non-hydrogen) atoms. The summed E-state index contributed by atoms with van der Waals surface area (Å²) in [6.07, 6.45) is 0. The molecular formula is C26H24ClN3O7. The number of hydrogen-bond acceptors (Lipinski definition) is 8. The van der Waals surface area contributed by atoms with Crippen molar-refractivity contribution in [3.8, 4) is 23.0 Å². The summed E-state index contributed by atoms with van der Waals surface area (Å²) >= 11 is 5.94. The van der Waals surface area contributed by atoms with E-state index in [0.29, 0.717) is 27.8 Å². The van der Waals surface area contributed by atoms with Crippen molar-refractivity contribution < 1.29 is 33.3 Å². The molecule has 0 aliphatic heterocycles. The van der Waals surface area contributed by atoms with Crippen LogP contribution in [-0.4, -0.2) is 44.8 Å². The van der Waals surface area contributed by atoms with Crippen LogP contribution in [0.5, 0.6) is 23.0 Å². The largest absolute Gasteiger partial charge is 0.496 e. The van der Waals surface area contributed by atoms with E-state index in [0.717, 1.165) is 0 Å². The monoisotopic (exact) mass is 525 g/mol. The van der Waals surface area contributed by atoms with E-state index >= 15 is 0 Å². The molecule has 0 radical (unpaired) electrons. The normalized spacial score (nSPS) is 10.8. The molecule has 0 unspecified atom stereocenters. The van der Waals surface area contributed by atoms with Crippen LogP contribution in [0.3, 0.4) is 0 Å². The van der Waals surface area contributed by atoms with Gasteiger partial charge in [0.05, 0.1) is 32.7 Å². The van der Waals surface area contributed by atoms with Gasteiger partial charge in [-0.25, -0.2) is 10.2 Å². The molecule has 3 rings (SSSR count). The predicted molar refractivity (Wildman–Crippen MR) is 138 cm³/mol. The maximum atomic E-state index is 12.6. The zero-order chi connectivity index (χ0) is 26.9. The molecule has 3 aromatic carbocycles. The number of rotatable bonds is 8. The van der Waals surface area contributed by atoms with Gasteiger partial charge >= 0.3 is 17.8 Å². The van der Waals surface area contributed by atoms with Gasteiger partial charge in [0.1, 0.15) is 17.1 Å². The summed E-state index contributed by atoms with van der Waals surface area (Å²) in [5.74, 6) is -1.45. The van der Waals surface area contributed by atoms with Gasteiger partial charge < -0.3 is 24.3 Å². The molecule has 2 amide bonds. The van der Waals surface area contributed by atoms with Crippen LogP contribution in [0, 0.1) is 0 Å². The van der Waals surface area contributed by atoms with Crippen LogP contribution in [-0.2, 0) is 9.59 Å². The van der Waals surface area contributed by atoms with E-state index in [2.05, 4.69) is 15.8 Å². The van der Waals surface area contributed by atoms with Crippen LogP contribution in [0.1, 0.15) is 22.8 Å². The van der Waals surface area contributed by atoms with Crippen molar-refractivity contribution in [2.24, 2.45) is 5.10 Å². The van der Waals surface area contributed by atoms with Crippen molar-refractivity contribution in [1.29, 1.82) is 0 Å². The molecular weight excluding hydrogens is 502 g/mol. The number of nitrogens with zero attached hydrogens (tertiary/aromatic N) is 1. The minimum Gasteiger partial charge on any atom is -0.496 e. The molecule has 0 saturated carbocycles. The van der Waals surface area contributed by atoms with Crippen molar-refractivity contribution >= 4 is 40.8 Å². The number of carbonyl (C=O) groups excluding carboxylic acids is 3. The number of nitrogens with one attached hydrogen (secondary N) is 2. The fourth-order valence-corrected chi connectivity index (χ4v) is 3.32. The number of benzene rings is 3. The number of amides is 2. The van der Waals surface area contributed by atoms with Crippen molar-refractivity contribution in [2.75, 3.05) is 26.6 Å². The van der Waals surface area contributed by atoms with Gasteiger partial charge in [-0.15, -0.1) is 0 Å². The van der Waals surface area contributed by atoms with E-state index in [1.807, 2.05) is 0 Å². The Hall–Kier alpha value is -4.57. The van der Waals surface area contributed by atoms with Gasteiger partial charge in [0.25, 0.3) is 0 Å². The smallest absolute Gasteiger partial charge is 0.347 e. The van der Waals surface area contributed by atoms with Crippen LogP contribution in [0.4, 0.5) is 5.69 Å². The SMILES string of the molecule is COc1ccc(Cl)cc1NC(=O)C(=O)NN=C(C)c1ccc(OC(=O)c2ccccc2OC)c(OC)c1. The molecule has 0 atom stereocenters. The minimum absolute atomic E-state index is 0.175. The molecule has 0 spiro atoms. The van der Waals surface area contributed by atoms with Crippen molar-refractivity contribution in [1.82, 2.24) is 5.43 Å². The molecule has 3 aromatic rings. The first-order valence-electron chi connectivity index (χ1n) is 10.8.